The average molecular weight is 277 g/mol. The molecule has 1 aromatic carbocycles. The number of carboxylic acid groups (broad SMARTS) is 1. The molecule has 0 radical (unpaired) electrons. The number of rotatable bonds is 5. The predicted octanol–water partition coefficient (Wildman–Crippen LogP) is 1.08. The topological polar surface area (TPSA) is 81.1 Å². The third-order valence-corrected chi connectivity index (χ3v) is 3.40. The van der Waals surface area contributed by atoms with Crippen molar-refractivity contribution in [1.29, 1.82) is 0 Å². The van der Waals surface area contributed by atoms with Crippen molar-refractivity contribution in [2.75, 3.05) is 6.54 Å². The van der Waals surface area contributed by atoms with E-state index in [2.05, 4.69) is 5.10 Å². The molecule has 2 aromatic rings. The molecular weight excluding hydrogens is 261 g/mol. The van der Waals surface area contributed by atoms with E-state index in [4.69, 9.17) is 5.73 Å². The van der Waals surface area contributed by atoms with Crippen molar-refractivity contribution in [2.45, 2.75) is 11.8 Å². The highest BCUT2D eigenvalue weighted by molar-refractivity contribution is 5.82. The first-order valence-corrected chi connectivity index (χ1v) is 6.15. The number of hydrogen-bond donors (Lipinski definition) is 2. The second-order valence-electron chi connectivity index (χ2n) is 4.80. The van der Waals surface area contributed by atoms with Gasteiger partial charge in [-0.25, -0.2) is 4.39 Å². The third-order valence-electron chi connectivity index (χ3n) is 3.40. The maximum Gasteiger partial charge on any atom is 0.315 e. The number of carbonyl (C=O) groups is 1. The Morgan fingerprint density at radius 1 is 1.55 bits per heavy atom. The van der Waals surface area contributed by atoms with Crippen LogP contribution in [0.1, 0.15) is 11.1 Å². The van der Waals surface area contributed by atoms with Gasteiger partial charge >= 0.3 is 5.97 Å². The molecule has 1 heterocycles. The normalized spacial score (nSPS) is 13.9. The molecule has 2 rings (SSSR count). The number of benzene rings is 1. The van der Waals surface area contributed by atoms with Crippen LogP contribution in [-0.2, 0) is 23.7 Å². The summed E-state index contributed by atoms with van der Waals surface area (Å²) in [5.74, 6) is -1.55. The molecule has 106 valence electrons. The van der Waals surface area contributed by atoms with Crippen molar-refractivity contribution in [1.82, 2.24) is 9.78 Å². The van der Waals surface area contributed by atoms with Crippen LogP contribution in [0.15, 0.2) is 36.7 Å². The van der Waals surface area contributed by atoms with E-state index in [1.54, 1.807) is 30.2 Å². The number of halogens is 1. The molecule has 1 atom stereocenters. The fourth-order valence-electron chi connectivity index (χ4n) is 2.28. The highest BCUT2D eigenvalue weighted by atomic mass is 19.1. The molecule has 0 amide bonds. The van der Waals surface area contributed by atoms with Gasteiger partial charge in [0.1, 0.15) is 11.2 Å². The van der Waals surface area contributed by atoms with Gasteiger partial charge in [0.25, 0.3) is 0 Å². The Bertz CT molecular complexity index is 626. The first-order chi connectivity index (χ1) is 9.48. The molecule has 6 heteroatoms. The molecule has 5 nitrogen and oxygen atoms in total. The lowest BCUT2D eigenvalue weighted by atomic mass is 9.76. The van der Waals surface area contributed by atoms with E-state index in [1.165, 1.54) is 18.2 Å². The third kappa shape index (κ3) is 2.55. The van der Waals surface area contributed by atoms with E-state index in [0.29, 0.717) is 5.56 Å². The molecule has 0 aliphatic heterocycles. The number of carboxylic acids is 1. The van der Waals surface area contributed by atoms with Crippen LogP contribution < -0.4 is 5.73 Å². The molecule has 0 spiro atoms. The number of aryl methyl sites for hydroxylation is 1. The Morgan fingerprint density at radius 2 is 2.30 bits per heavy atom. The second-order valence-corrected chi connectivity index (χ2v) is 4.80. The molecule has 3 N–H and O–H groups in total. The lowest BCUT2D eigenvalue weighted by molar-refractivity contribution is -0.143. The van der Waals surface area contributed by atoms with Gasteiger partial charge in [-0.3, -0.25) is 9.48 Å². The Kier molecular flexibility index (Phi) is 3.85. The quantitative estimate of drug-likeness (QED) is 0.857. The number of aliphatic carboxylic acids is 1. The van der Waals surface area contributed by atoms with Gasteiger partial charge in [0.2, 0.25) is 0 Å². The number of nitrogens with two attached hydrogens (primary N) is 1. The molecule has 0 fully saturated rings. The Hall–Kier alpha value is -2.21. The highest BCUT2D eigenvalue weighted by Crippen LogP contribution is 2.28. The lowest BCUT2D eigenvalue weighted by Crippen LogP contribution is -2.45. The molecule has 1 unspecified atom stereocenters. The Labute approximate surface area is 115 Å². The minimum absolute atomic E-state index is 0.124. The summed E-state index contributed by atoms with van der Waals surface area (Å²) in [4.78, 5) is 11.7. The van der Waals surface area contributed by atoms with Crippen molar-refractivity contribution in [3.63, 3.8) is 0 Å². The molecule has 20 heavy (non-hydrogen) atoms. The van der Waals surface area contributed by atoms with Gasteiger partial charge in [0.15, 0.2) is 0 Å². The summed E-state index contributed by atoms with van der Waals surface area (Å²) in [6.07, 6.45) is 3.48. The fourth-order valence-corrected chi connectivity index (χ4v) is 2.28. The fraction of sp³-hybridized carbons (Fsp3) is 0.286. The van der Waals surface area contributed by atoms with Crippen molar-refractivity contribution in [2.24, 2.45) is 12.8 Å². The molecular formula is C14H16FN3O2. The predicted molar refractivity (Wildman–Crippen MR) is 71.7 cm³/mol. The zero-order valence-corrected chi connectivity index (χ0v) is 11.1. The summed E-state index contributed by atoms with van der Waals surface area (Å²) in [6.45, 7) is -0.124. The van der Waals surface area contributed by atoms with E-state index in [0.717, 1.165) is 5.56 Å². The van der Waals surface area contributed by atoms with Gasteiger partial charge in [0.05, 0.1) is 6.20 Å². The maximum absolute atomic E-state index is 13.4. The number of nitrogens with zero attached hydrogens (tertiary/aromatic N) is 2. The second kappa shape index (κ2) is 5.42. The summed E-state index contributed by atoms with van der Waals surface area (Å²) < 4.78 is 15.0. The maximum atomic E-state index is 13.4. The van der Waals surface area contributed by atoms with Crippen LogP contribution in [0.5, 0.6) is 0 Å². The average Bonchev–Trinajstić information content (AvgIpc) is 2.81. The van der Waals surface area contributed by atoms with Gasteiger partial charge in [-0.15, -0.1) is 0 Å². The molecule has 0 saturated carbocycles. The zero-order chi connectivity index (χ0) is 14.8. The minimum Gasteiger partial charge on any atom is -0.481 e. The van der Waals surface area contributed by atoms with Crippen LogP contribution in [0.2, 0.25) is 0 Å². The zero-order valence-electron chi connectivity index (χ0n) is 11.1. The summed E-state index contributed by atoms with van der Waals surface area (Å²) >= 11 is 0. The number of aromatic nitrogens is 2. The van der Waals surface area contributed by atoms with Crippen LogP contribution >= 0.6 is 0 Å². The van der Waals surface area contributed by atoms with Crippen LogP contribution in [0.3, 0.4) is 0 Å². The Morgan fingerprint density at radius 3 is 2.80 bits per heavy atom. The summed E-state index contributed by atoms with van der Waals surface area (Å²) in [5.41, 5.74) is 5.46. The molecule has 0 bridgehead atoms. The van der Waals surface area contributed by atoms with Gasteiger partial charge in [0, 0.05) is 19.8 Å². The summed E-state index contributed by atoms with van der Waals surface area (Å²) in [6, 6.07) is 5.57. The summed E-state index contributed by atoms with van der Waals surface area (Å²) in [5, 5.41) is 13.6. The van der Waals surface area contributed by atoms with Crippen molar-refractivity contribution >= 4 is 5.97 Å². The van der Waals surface area contributed by atoms with Gasteiger partial charge in [-0.1, -0.05) is 12.1 Å². The first-order valence-electron chi connectivity index (χ1n) is 6.15. The molecule has 0 aliphatic carbocycles. The highest BCUT2D eigenvalue weighted by Gasteiger charge is 2.39. The Balaban J connectivity index is 2.47. The smallest absolute Gasteiger partial charge is 0.315 e. The van der Waals surface area contributed by atoms with Crippen molar-refractivity contribution < 1.29 is 14.3 Å². The van der Waals surface area contributed by atoms with E-state index in [9.17, 15) is 14.3 Å². The molecule has 1 aromatic heterocycles. The largest absolute Gasteiger partial charge is 0.481 e. The van der Waals surface area contributed by atoms with E-state index < -0.39 is 17.2 Å². The summed E-state index contributed by atoms with van der Waals surface area (Å²) in [7, 11) is 1.75. The van der Waals surface area contributed by atoms with Crippen LogP contribution in [-0.4, -0.2) is 27.4 Å². The van der Waals surface area contributed by atoms with Crippen LogP contribution in [0, 0.1) is 5.82 Å². The standard InChI is InChI=1S/C14H16FN3O2/c1-18-8-10(7-17-18)6-14(9-16,13(19)20)11-3-2-4-12(15)5-11/h2-5,7-8H,6,9,16H2,1H3,(H,19,20). The van der Waals surface area contributed by atoms with E-state index in [1.807, 2.05) is 0 Å². The van der Waals surface area contributed by atoms with Crippen LogP contribution in [0.4, 0.5) is 4.39 Å². The van der Waals surface area contributed by atoms with Crippen molar-refractivity contribution in [3.05, 3.63) is 53.6 Å². The van der Waals surface area contributed by atoms with Gasteiger partial charge < -0.3 is 10.8 Å². The molecule has 0 aliphatic rings. The lowest BCUT2D eigenvalue weighted by Gasteiger charge is -2.28. The van der Waals surface area contributed by atoms with Gasteiger partial charge in [-0.2, -0.15) is 5.10 Å². The van der Waals surface area contributed by atoms with Crippen LogP contribution in [0.25, 0.3) is 0 Å². The first kappa shape index (κ1) is 14.2. The monoisotopic (exact) mass is 277 g/mol. The number of hydrogen-bond acceptors (Lipinski definition) is 3. The van der Waals surface area contributed by atoms with E-state index in [-0.39, 0.29) is 13.0 Å². The van der Waals surface area contributed by atoms with E-state index >= 15 is 0 Å². The molecule has 0 saturated heterocycles. The minimum atomic E-state index is -1.36. The SMILES string of the molecule is Cn1cc(CC(CN)(C(=O)O)c2cccc(F)c2)cn1. The van der Waals surface area contributed by atoms with Gasteiger partial charge in [-0.05, 0) is 29.7 Å². The van der Waals surface area contributed by atoms with Crippen molar-refractivity contribution in [3.8, 4) is 0 Å².